The van der Waals surface area contributed by atoms with E-state index in [-0.39, 0.29) is 17.4 Å². The number of hydrogen-bond acceptors (Lipinski definition) is 3. The summed E-state index contributed by atoms with van der Waals surface area (Å²) in [5, 5.41) is 4.16. The van der Waals surface area contributed by atoms with Crippen LogP contribution in [0.15, 0.2) is 77.9 Å². The number of benzene rings is 2. The largest absolute Gasteiger partial charge is 0.378 e. The fourth-order valence-corrected chi connectivity index (χ4v) is 3.64. The highest BCUT2D eigenvalue weighted by molar-refractivity contribution is 5.94. The zero-order valence-corrected chi connectivity index (χ0v) is 17.0. The van der Waals surface area contributed by atoms with Gasteiger partial charge in [0.25, 0.3) is 5.91 Å². The Hall–Kier alpha value is -3.80. The number of carbonyl (C=O) groups is 1. The second-order valence-electron chi connectivity index (χ2n) is 7.48. The van der Waals surface area contributed by atoms with Crippen molar-refractivity contribution in [1.82, 2.24) is 15.3 Å². The summed E-state index contributed by atoms with van der Waals surface area (Å²) in [5.74, 6) is -0.245. The van der Waals surface area contributed by atoms with Crippen molar-refractivity contribution in [2.45, 2.75) is 5.92 Å². The molecule has 6 heteroatoms. The monoisotopic (exact) mass is 400 g/mol. The number of H-pyrrole nitrogens is 2. The molecule has 0 aliphatic rings. The molecule has 0 saturated carbocycles. The average Bonchev–Trinajstić information content (AvgIpc) is 3.19. The van der Waals surface area contributed by atoms with Crippen molar-refractivity contribution in [1.29, 1.82) is 0 Å². The highest BCUT2D eigenvalue weighted by Gasteiger charge is 2.19. The minimum atomic E-state index is -0.232. The predicted molar refractivity (Wildman–Crippen MR) is 120 cm³/mol. The molecule has 2 aromatic heterocycles. The van der Waals surface area contributed by atoms with E-state index in [2.05, 4.69) is 50.5 Å². The topological polar surface area (TPSA) is 81.0 Å². The predicted octanol–water partition coefficient (Wildman–Crippen LogP) is 3.48. The van der Waals surface area contributed by atoms with E-state index in [0.29, 0.717) is 12.1 Å². The number of anilines is 1. The summed E-state index contributed by atoms with van der Waals surface area (Å²) in [6, 6.07) is 19.4. The van der Waals surface area contributed by atoms with E-state index in [1.807, 2.05) is 38.5 Å². The second-order valence-corrected chi connectivity index (χ2v) is 7.48. The molecule has 0 spiro atoms. The van der Waals surface area contributed by atoms with Gasteiger partial charge in [0.15, 0.2) is 0 Å². The maximum absolute atomic E-state index is 12.6. The summed E-state index contributed by atoms with van der Waals surface area (Å²) >= 11 is 0. The van der Waals surface area contributed by atoms with Crippen LogP contribution in [-0.4, -0.2) is 36.5 Å². The first kappa shape index (κ1) is 19.5. The molecule has 1 atom stereocenters. The van der Waals surface area contributed by atoms with E-state index in [4.69, 9.17) is 0 Å². The normalized spacial score (nSPS) is 11.9. The molecule has 1 amide bonds. The van der Waals surface area contributed by atoms with Gasteiger partial charge in [-0.1, -0.05) is 30.3 Å². The molecule has 0 radical (unpaired) electrons. The zero-order valence-electron chi connectivity index (χ0n) is 17.0. The lowest BCUT2D eigenvalue weighted by molar-refractivity contribution is 0.0952. The van der Waals surface area contributed by atoms with Crippen LogP contribution in [0.3, 0.4) is 0 Å². The van der Waals surface area contributed by atoms with E-state index in [1.54, 1.807) is 0 Å². The van der Waals surface area contributed by atoms with Crippen molar-refractivity contribution in [3.05, 3.63) is 100 Å². The molecule has 0 bridgehead atoms. The molecule has 6 nitrogen and oxygen atoms in total. The Morgan fingerprint density at radius 2 is 1.73 bits per heavy atom. The Morgan fingerprint density at radius 3 is 2.43 bits per heavy atom. The fourth-order valence-electron chi connectivity index (χ4n) is 3.64. The molecule has 4 aromatic rings. The number of aromatic amines is 2. The Labute approximate surface area is 174 Å². The van der Waals surface area contributed by atoms with Crippen molar-refractivity contribution in [3.8, 4) is 0 Å². The van der Waals surface area contributed by atoms with Gasteiger partial charge in [0.05, 0.1) is 5.56 Å². The molecule has 0 aliphatic heterocycles. The van der Waals surface area contributed by atoms with Crippen molar-refractivity contribution in [3.63, 3.8) is 0 Å². The van der Waals surface area contributed by atoms with Crippen molar-refractivity contribution in [2.24, 2.45) is 0 Å². The number of nitrogens with one attached hydrogen (secondary N) is 3. The Morgan fingerprint density at radius 1 is 0.967 bits per heavy atom. The summed E-state index contributed by atoms with van der Waals surface area (Å²) in [4.78, 5) is 31.8. The Bertz CT molecular complexity index is 1200. The number of pyridine rings is 1. The van der Waals surface area contributed by atoms with E-state index in [9.17, 15) is 9.59 Å². The fraction of sp³-hybridized carbons (Fsp3) is 0.167. The molecule has 152 valence electrons. The van der Waals surface area contributed by atoms with Gasteiger partial charge in [0.2, 0.25) is 5.56 Å². The van der Waals surface area contributed by atoms with Gasteiger partial charge < -0.3 is 20.2 Å². The summed E-state index contributed by atoms with van der Waals surface area (Å²) < 4.78 is 0. The van der Waals surface area contributed by atoms with Crippen LogP contribution < -0.4 is 15.8 Å². The molecule has 0 saturated heterocycles. The van der Waals surface area contributed by atoms with Gasteiger partial charge in [0.1, 0.15) is 0 Å². The van der Waals surface area contributed by atoms with Gasteiger partial charge in [-0.25, -0.2) is 0 Å². The highest BCUT2D eigenvalue weighted by Crippen LogP contribution is 2.31. The van der Waals surface area contributed by atoms with Gasteiger partial charge in [0, 0.05) is 61.6 Å². The summed E-state index contributed by atoms with van der Waals surface area (Å²) in [6.45, 7) is 0.432. The third-order valence-corrected chi connectivity index (χ3v) is 5.32. The minimum Gasteiger partial charge on any atom is -0.378 e. The third kappa shape index (κ3) is 3.98. The quantitative estimate of drug-likeness (QED) is 0.463. The number of nitrogens with zero attached hydrogens (tertiary/aromatic N) is 1. The first-order chi connectivity index (χ1) is 14.5. The van der Waals surface area contributed by atoms with E-state index >= 15 is 0 Å². The number of rotatable bonds is 6. The highest BCUT2D eigenvalue weighted by atomic mass is 16.1. The molecule has 30 heavy (non-hydrogen) atoms. The summed E-state index contributed by atoms with van der Waals surface area (Å²) in [5.41, 5.74) is 4.62. The molecular formula is C24H24N4O2. The van der Waals surface area contributed by atoms with Crippen LogP contribution in [0.2, 0.25) is 0 Å². The van der Waals surface area contributed by atoms with Crippen LogP contribution in [0.5, 0.6) is 0 Å². The zero-order chi connectivity index (χ0) is 21.1. The Balaban J connectivity index is 1.65. The SMILES string of the molecule is CN(C)c1ccc(C(CNC(=O)c2ccc(=O)[nH]c2)c2c[nH]c3ccccc23)cc1. The molecule has 2 aromatic carbocycles. The van der Waals surface area contributed by atoms with Crippen molar-refractivity contribution in [2.75, 3.05) is 25.5 Å². The van der Waals surface area contributed by atoms with Gasteiger partial charge >= 0.3 is 0 Å². The van der Waals surface area contributed by atoms with E-state index in [1.165, 1.54) is 18.3 Å². The lowest BCUT2D eigenvalue weighted by atomic mass is 9.90. The lowest BCUT2D eigenvalue weighted by Crippen LogP contribution is -2.29. The second kappa shape index (κ2) is 8.29. The summed E-state index contributed by atoms with van der Waals surface area (Å²) in [6.07, 6.45) is 3.45. The number of fused-ring (bicyclic) bond motifs is 1. The first-order valence-electron chi connectivity index (χ1n) is 9.83. The van der Waals surface area contributed by atoms with Gasteiger partial charge in [-0.3, -0.25) is 9.59 Å². The smallest absolute Gasteiger partial charge is 0.252 e. The summed E-state index contributed by atoms with van der Waals surface area (Å²) in [7, 11) is 4.02. The number of hydrogen-bond donors (Lipinski definition) is 3. The van der Waals surface area contributed by atoms with Gasteiger partial charge in [-0.15, -0.1) is 0 Å². The molecular weight excluding hydrogens is 376 g/mol. The van der Waals surface area contributed by atoms with Crippen LogP contribution in [0.25, 0.3) is 10.9 Å². The third-order valence-electron chi connectivity index (χ3n) is 5.32. The van der Waals surface area contributed by atoms with Crippen molar-refractivity contribution < 1.29 is 4.79 Å². The van der Waals surface area contributed by atoms with Crippen LogP contribution in [-0.2, 0) is 0 Å². The number of amides is 1. The molecule has 1 unspecified atom stereocenters. The van der Waals surface area contributed by atoms with Crippen LogP contribution in [0.4, 0.5) is 5.69 Å². The van der Waals surface area contributed by atoms with E-state index in [0.717, 1.165) is 27.7 Å². The minimum absolute atomic E-state index is 0.0240. The number of aromatic nitrogens is 2. The maximum atomic E-state index is 12.6. The van der Waals surface area contributed by atoms with Crippen LogP contribution in [0, 0.1) is 0 Å². The maximum Gasteiger partial charge on any atom is 0.252 e. The number of carbonyl (C=O) groups excluding carboxylic acids is 1. The standard InChI is InChI=1S/C24H24N4O2/c1-28(2)18-10-7-16(8-11-18)20(21-15-25-22-6-4-3-5-19(21)22)14-27-24(30)17-9-12-23(29)26-13-17/h3-13,15,20,25H,14H2,1-2H3,(H,26,29)(H,27,30). The molecule has 3 N–H and O–H groups in total. The van der Waals surface area contributed by atoms with Crippen LogP contribution >= 0.6 is 0 Å². The van der Waals surface area contributed by atoms with Crippen LogP contribution in [0.1, 0.15) is 27.4 Å². The van der Waals surface area contributed by atoms with E-state index < -0.39 is 0 Å². The molecule has 4 rings (SSSR count). The first-order valence-corrected chi connectivity index (χ1v) is 9.83. The lowest BCUT2D eigenvalue weighted by Gasteiger charge is -2.20. The number of para-hydroxylation sites is 1. The van der Waals surface area contributed by atoms with Gasteiger partial charge in [-0.05, 0) is 35.4 Å². The average molecular weight is 400 g/mol. The molecule has 0 fully saturated rings. The molecule has 0 aliphatic carbocycles. The molecule has 2 heterocycles. The van der Waals surface area contributed by atoms with Gasteiger partial charge in [-0.2, -0.15) is 0 Å². The Kier molecular flexibility index (Phi) is 5.39. The van der Waals surface area contributed by atoms with Crippen molar-refractivity contribution >= 4 is 22.5 Å².